The van der Waals surface area contributed by atoms with Crippen LogP contribution >= 0.6 is 31.9 Å². The van der Waals surface area contributed by atoms with Crippen LogP contribution in [0.5, 0.6) is 0 Å². The summed E-state index contributed by atoms with van der Waals surface area (Å²) in [5, 5.41) is 1.74. The lowest BCUT2D eigenvalue weighted by Gasteiger charge is -2.34. The maximum absolute atomic E-state index is 3.59. The van der Waals surface area contributed by atoms with Crippen LogP contribution in [0.4, 0.5) is 0 Å². The van der Waals surface area contributed by atoms with Gasteiger partial charge in [0.25, 0.3) is 0 Å². The fraction of sp³-hybridized carbons (Fsp3) is 0.111. The normalized spacial score (nSPS) is 13.7. The van der Waals surface area contributed by atoms with Gasteiger partial charge in [0.15, 0.2) is 0 Å². The summed E-state index contributed by atoms with van der Waals surface area (Å²) in [5.74, 6) is 0. The molecule has 0 fully saturated rings. The highest BCUT2D eigenvalue weighted by molar-refractivity contribution is 9.08. The quantitative estimate of drug-likeness (QED) is 0.219. The van der Waals surface area contributed by atoms with Crippen molar-refractivity contribution in [3.63, 3.8) is 0 Å². The summed E-state index contributed by atoms with van der Waals surface area (Å²) in [7, 11) is 0. The van der Waals surface area contributed by atoms with Crippen LogP contribution in [0.15, 0.2) is 97.1 Å². The number of rotatable bonds is 4. The fourth-order valence-corrected chi connectivity index (χ4v) is 5.46. The van der Waals surface area contributed by atoms with Gasteiger partial charge in [-0.2, -0.15) is 0 Å². The molecule has 5 rings (SSSR count). The van der Waals surface area contributed by atoms with Crippen molar-refractivity contribution in [2.75, 3.05) is 0 Å². The molecule has 29 heavy (non-hydrogen) atoms. The first-order chi connectivity index (χ1) is 14.3. The lowest BCUT2D eigenvalue weighted by Crippen LogP contribution is -2.28. The van der Waals surface area contributed by atoms with Gasteiger partial charge in [0.1, 0.15) is 0 Å². The molecule has 0 saturated heterocycles. The Hall–Kier alpha value is -2.16. The lowest BCUT2D eigenvalue weighted by molar-refractivity contribution is 0.767. The Morgan fingerprint density at radius 3 is 1.24 bits per heavy atom. The molecular weight excluding hydrogens is 484 g/mol. The minimum Gasteiger partial charge on any atom is -0.0876 e. The molecule has 0 saturated carbocycles. The Morgan fingerprint density at radius 1 is 0.483 bits per heavy atom. The summed E-state index contributed by atoms with van der Waals surface area (Å²) in [6, 6.07) is 35.9. The molecule has 4 aromatic carbocycles. The van der Waals surface area contributed by atoms with Gasteiger partial charge in [-0.15, -0.1) is 0 Å². The number of benzene rings is 4. The van der Waals surface area contributed by atoms with E-state index in [4.69, 9.17) is 0 Å². The first-order valence-corrected chi connectivity index (χ1v) is 12.0. The summed E-state index contributed by atoms with van der Waals surface area (Å²) < 4.78 is 0. The van der Waals surface area contributed by atoms with E-state index in [2.05, 4.69) is 129 Å². The largest absolute Gasteiger partial charge is 0.0876 e. The molecule has 0 aliphatic heterocycles. The molecule has 0 N–H and O–H groups in total. The van der Waals surface area contributed by atoms with Crippen LogP contribution in [0.2, 0.25) is 0 Å². The summed E-state index contributed by atoms with van der Waals surface area (Å²) in [4.78, 5) is 0. The van der Waals surface area contributed by atoms with Crippen LogP contribution in [-0.4, -0.2) is 0 Å². The third kappa shape index (κ3) is 2.85. The molecule has 0 radical (unpaired) electrons. The smallest absolute Gasteiger partial charge is 0.0713 e. The Bertz CT molecular complexity index is 1060. The van der Waals surface area contributed by atoms with Gasteiger partial charge in [-0.3, -0.25) is 0 Å². The van der Waals surface area contributed by atoms with Crippen molar-refractivity contribution in [1.29, 1.82) is 0 Å². The van der Waals surface area contributed by atoms with Crippen LogP contribution < -0.4 is 0 Å². The molecular formula is C27H20Br2. The van der Waals surface area contributed by atoms with Crippen LogP contribution in [0, 0.1) is 0 Å². The van der Waals surface area contributed by atoms with Gasteiger partial charge in [0, 0.05) is 10.7 Å². The predicted molar refractivity (Wildman–Crippen MR) is 129 cm³/mol. The zero-order valence-corrected chi connectivity index (χ0v) is 19.1. The van der Waals surface area contributed by atoms with E-state index in [1.165, 1.54) is 44.5 Å². The van der Waals surface area contributed by atoms with Crippen LogP contribution in [-0.2, 0) is 16.1 Å². The molecule has 0 amide bonds. The molecule has 0 heterocycles. The topological polar surface area (TPSA) is 0 Å². The van der Waals surface area contributed by atoms with Crippen molar-refractivity contribution in [1.82, 2.24) is 0 Å². The van der Waals surface area contributed by atoms with Gasteiger partial charge >= 0.3 is 0 Å². The Labute approximate surface area is 188 Å². The van der Waals surface area contributed by atoms with Gasteiger partial charge in [0.2, 0.25) is 0 Å². The van der Waals surface area contributed by atoms with Crippen molar-refractivity contribution in [2.24, 2.45) is 0 Å². The van der Waals surface area contributed by atoms with Crippen LogP contribution in [0.1, 0.15) is 33.4 Å². The maximum Gasteiger partial charge on any atom is 0.0713 e. The number of hydrogen-bond donors (Lipinski definition) is 0. The fourth-order valence-electron chi connectivity index (χ4n) is 4.71. The van der Waals surface area contributed by atoms with Gasteiger partial charge in [-0.05, 0) is 44.5 Å². The SMILES string of the molecule is BrCc1ccc(C2(c3ccc(CBr)cc3)c3ccccc3-c3ccccc32)cc1. The summed E-state index contributed by atoms with van der Waals surface area (Å²) >= 11 is 7.17. The molecule has 0 unspecified atom stereocenters. The molecule has 0 nitrogen and oxygen atoms in total. The molecule has 0 atom stereocenters. The van der Waals surface area contributed by atoms with Crippen molar-refractivity contribution in [3.8, 4) is 11.1 Å². The number of hydrogen-bond acceptors (Lipinski definition) is 0. The summed E-state index contributed by atoms with van der Waals surface area (Å²) in [6.45, 7) is 0. The highest BCUT2D eigenvalue weighted by Crippen LogP contribution is 2.55. The second kappa shape index (κ2) is 7.59. The van der Waals surface area contributed by atoms with Crippen molar-refractivity contribution in [2.45, 2.75) is 16.1 Å². The van der Waals surface area contributed by atoms with E-state index in [0.717, 1.165) is 10.7 Å². The van der Waals surface area contributed by atoms with E-state index in [-0.39, 0.29) is 5.41 Å². The third-order valence-electron chi connectivity index (χ3n) is 6.03. The van der Waals surface area contributed by atoms with E-state index in [1.807, 2.05) is 0 Å². The van der Waals surface area contributed by atoms with E-state index in [1.54, 1.807) is 0 Å². The highest BCUT2D eigenvalue weighted by Gasteiger charge is 2.45. The monoisotopic (exact) mass is 502 g/mol. The number of fused-ring (bicyclic) bond motifs is 3. The predicted octanol–water partition coefficient (Wildman–Crippen LogP) is 7.84. The van der Waals surface area contributed by atoms with Gasteiger partial charge in [-0.25, -0.2) is 0 Å². The van der Waals surface area contributed by atoms with Crippen molar-refractivity contribution >= 4 is 31.9 Å². The molecule has 142 valence electrons. The van der Waals surface area contributed by atoms with Gasteiger partial charge in [-0.1, -0.05) is 129 Å². The second-order valence-corrected chi connectivity index (χ2v) is 8.62. The second-order valence-electron chi connectivity index (χ2n) is 7.50. The van der Waals surface area contributed by atoms with E-state index in [9.17, 15) is 0 Å². The molecule has 0 aromatic heterocycles. The highest BCUT2D eigenvalue weighted by atomic mass is 79.9. The minimum absolute atomic E-state index is 0.303. The molecule has 0 spiro atoms. The average Bonchev–Trinajstić information content (AvgIpc) is 3.11. The summed E-state index contributed by atoms with van der Waals surface area (Å²) in [5.41, 5.74) is 10.3. The van der Waals surface area contributed by atoms with Crippen molar-refractivity contribution < 1.29 is 0 Å². The number of halogens is 2. The van der Waals surface area contributed by atoms with Crippen LogP contribution in [0.25, 0.3) is 11.1 Å². The average molecular weight is 504 g/mol. The zero-order chi connectivity index (χ0) is 19.8. The third-order valence-corrected chi connectivity index (χ3v) is 7.33. The van der Waals surface area contributed by atoms with Gasteiger partial charge < -0.3 is 0 Å². The van der Waals surface area contributed by atoms with Crippen LogP contribution in [0.3, 0.4) is 0 Å². The number of alkyl halides is 2. The molecule has 0 bridgehead atoms. The molecule has 4 aromatic rings. The Balaban J connectivity index is 1.88. The van der Waals surface area contributed by atoms with E-state index in [0.29, 0.717) is 0 Å². The molecule has 1 aliphatic carbocycles. The van der Waals surface area contributed by atoms with E-state index < -0.39 is 0 Å². The Kier molecular flexibility index (Phi) is 4.93. The zero-order valence-electron chi connectivity index (χ0n) is 15.9. The summed E-state index contributed by atoms with van der Waals surface area (Å²) in [6.07, 6.45) is 0. The first kappa shape index (κ1) is 18.8. The first-order valence-electron chi connectivity index (χ1n) is 9.79. The van der Waals surface area contributed by atoms with Gasteiger partial charge in [0.05, 0.1) is 5.41 Å². The maximum atomic E-state index is 3.59. The Morgan fingerprint density at radius 2 is 0.862 bits per heavy atom. The molecule has 2 heteroatoms. The molecule has 1 aliphatic rings. The van der Waals surface area contributed by atoms with Crippen molar-refractivity contribution in [3.05, 3.63) is 130 Å². The minimum atomic E-state index is -0.303. The van der Waals surface area contributed by atoms with E-state index >= 15 is 0 Å². The standard InChI is InChI=1S/C27H20Br2/c28-17-19-9-13-21(14-10-19)27(22-15-11-20(18-29)12-16-22)25-7-3-1-5-23(25)24-6-2-4-8-26(24)27/h1-16H,17-18H2. The lowest BCUT2D eigenvalue weighted by atomic mass is 9.67.